The summed E-state index contributed by atoms with van der Waals surface area (Å²) in [6.07, 6.45) is 7.99. The fourth-order valence-corrected chi connectivity index (χ4v) is 4.42. The second-order valence-corrected chi connectivity index (χ2v) is 7.66. The van der Waals surface area contributed by atoms with Gasteiger partial charge in [0.05, 0.1) is 18.3 Å². The van der Waals surface area contributed by atoms with Crippen molar-refractivity contribution in [2.45, 2.75) is 30.7 Å². The van der Waals surface area contributed by atoms with Gasteiger partial charge in [-0.25, -0.2) is 0 Å². The topological polar surface area (TPSA) is 61.7 Å². The van der Waals surface area contributed by atoms with Crippen LogP contribution in [0.15, 0.2) is 25.0 Å². The van der Waals surface area contributed by atoms with Gasteiger partial charge in [0.1, 0.15) is 0 Å². The van der Waals surface area contributed by atoms with Gasteiger partial charge in [-0.15, -0.1) is 6.58 Å². The van der Waals surface area contributed by atoms with Gasteiger partial charge in [-0.05, 0) is 18.4 Å². The van der Waals surface area contributed by atoms with Crippen molar-refractivity contribution in [3.8, 4) is 0 Å². The Kier molecular flexibility index (Phi) is 5.18. The molecule has 7 nitrogen and oxygen atoms in total. The Labute approximate surface area is 155 Å². The van der Waals surface area contributed by atoms with Crippen molar-refractivity contribution in [2.24, 2.45) is 7.05 Å². The first-order valence-corrected chi connectivity index (χ1v) is 9.20. The van der Waals surface area contributed by atoms with Crippen LogP contribution in [0.25, 0.3) is 0 Å². The highest BCUT2D eigenvalue weighted by molar-refractivity contribution is 5.82. The van der Waals surface area contributed by atoms with Gasteiger partial charge in [0, 0.05) is 59.3 Å². The average molecular weight is 359 g/mol. The summed E-state index contributed by atoms with van der Waals surface area (Å²) in [6.45, 7) is 6.49. The smallest absolute Gasteiger partial charge is 0.236 e. The third kappa shape index (κ3) is 3.28. The second-order valence-electron chi connectivity index (χ2n) is 7.66. The normalized spacial score (nSPS) is 22.8. The maximum absolute atomic E-state index is 12.8. The first-order chi connectivity index (χ1) is 12.4. The van der Waals surface area contributed by atoms with Crippen LogP contribution in [0.5, 0.6) is 0 Å². The molecule has 0 saturated carbocycles. The number of likely N-dealkylation sites (tertiary alicyclic amines) is 2. The number of carbonyl (C=O) groups excluding carboxylic acids is 2. The quantitative estimate of drug-likeness (QED) is 0.731. The molecule has 2 fully saturated rings. The number of aryl methyl sites for hydroxylation is 1. The van der Waals surface area contributed by atoms with Crippen molar-refractivity contribution in [3.05, 3.63) is 30.6 Å². The average Bonchev–Trinajstić information content (AvgIpc) is 3.14. The zero-order valence-electron chi connectivity index (χ0n) is 16.0. The van der Waals surface area contributed by atoms with E-state index in [1.807, 2.05) is 30.4 Å². The molecule has 7 heteroatoms. The maximum Gasteiger partial charge on any atom is 0.236 e. The van der Waals surface area contributed by atoms with Crippen LogP contribution in [-0.2, 0) is 16.6 Å². The fourth-order valence-electron chi connectivity index (χ4n) is 4.42. The highest BCUT2D eigenvalue weighted by Crippen LogP contribution is 2.48. The Morgan fingerprint density at radius 3 is 2.65 bits per heavy atom. The summed E-state index contributed by atoms with van der Waals surface area (Å²) < 4.78 is 1.80. The molecule has 1 unspecified atom stereocenters. The molecule has 2 saturated heterocycles. The van der Waals surface area contributed by atoms with Crippen LogP contribution in [-0.4, -0.2) is 82.1 Å². The summed E-state index contributed by atoms with van der Waals surface area (Å²) in [5, 5.41) is 4.32. The van der Waals surface area contributed by atoms with Gasteiger partial charge >= 0.3 is 0 Å². The molecule has 2 aliphatic rings. The van der Waals surface area contributed by atoms with E-state index in [0.717, 1.165) is 31.5 Å². The predicted octanol–water partition coefficient (Wildman–Crippen LogP) is 0.845. The highest BCUT2D eigenvalue weighted by Gasteiger charge is 2.54. The zero-order valence-corrected chi connectivity index (χ0v) is 16.0. The van der Waals surface area contributed by atoms with Crippen LogP contribution in [0.4, 0.5) is 0 Å². The van der Waals surface area contributed by atoms with E-state index in [-0.39, 0.29) is 23.3 Å². The van der Waals surface area contributed by atoms with Gasteiger partial charge in [-0.2, -0.15) is 5.10 Å². The molecular formula is C19H29N5O2. The summed E-state index contributed by atoms with van der Waals surface area (Å²) in [7, 11) is 5.48. The molecule has 2 aliphatic heterocycles. The van der Waals surface area contributed by atoms with Gasteiger partial charge in [-0.3, -0.25) is 19.2 Å². The van der Waals surface area contributed by atoms with Crippen molar-refractivity contribution in [3.63, 3.8) is 0 Å². The molecule has 0 radical (unpaired) electrons. The summed E-state index contributed by atoms with van der Waals surface area (Å²) in [5.74, 6) is 0.460. The van der Waals surface area contributed by atoms with Gasteiger partial charge in [0.25, 0.3) is 0 Å². The minimum absolute atomic E-state index is 0.121. The molecule has 0 N–H and O–H groups in total. The van der Waals surface area contributed by atoms with E-state index in [0.29, 0.717) is 19.5 Å². The standard InChI is InChI=1S/C19H29N5O2/c1-5-8-24-17(25)11-16(15-12-20-22(4)13-15)19(24)6-9-23(10-7-19)14-18(26)21(2)3/h5,12-13,16H,1,6-11,14H2,2-4H3. The summed E-state index contributed by atoms with van der Waals surface area (Å²) in [5.41, 5.74) is 0.927. The van der Waals surface area contributed by atoms with Crippen molar-refractivity contribution in [1.29, 1.82) is 0 Å². The molecule has 1 aromatic rings. The first-order valence-electron chi connectivity index (χ1n) is 9.20. The maximum atomic E-state index is 12.8. The second kappa shape index (κ2) is 7.23. The van der Waals surface area contributed by atoms with Crippen molar-refractivity contribution in [1.82, 2.24) is 24.5 Å². The number of aromatic nitrogens is 2. The van der Waals surface area contributed by atoms with Crippen molar-refractivity contribution >= 4 is 11.8 Å². The van der Waals surface area contributed by atoms with Crippen LogP contribution in [0, 0.1) is 0 Å². The largest absolute Gasteiger partial charge is 0.348 e. The highest BCUT2D eigenvalue weighted by atomic mass is 16.2. The minimum atomic E-state index is -0.202. The molecular weight excluding hydrogens is 330 g/mol. The number of hydrogen-bond acceptors (Lipinski definition) is 4. The Morgan fingerprint density at radius 1 is 1.42 bits per heavy atom. The Balaban J connectivity index is 1.82. The molecule has 3 rings (SSSR count). The molecule has 1 atom stereocenters. The van der Waals surface area contributed by atoms with Crippen molar-refractivity contribution in [2.75, 3.05) is 40.3 Å². The van der Waals surface area contributed by atoms with E-state index >= 15 is 0 Å². The minimum Gasteiger partial charge on any atom is -0.348 e. The fraction of sp³-hybridized carbons (Fsp3) is 0.632. The summed E-state index contributed by atoms with van der Waals surface area (Å²) in [6, 6.07) is 0. The third-order valence-corrected chi connectivity index (χ3v) is 5.88. The SMILES string of the molecule is C=CCN1C(=O)CC(c2cnn(C)c2)C12CCN(CC(=O)N(C)C)CC2. The van der Waals surface area contributed by atoms with Crippen LogP contribution in [0.1, 0.15) is 30.7 Å². The van der Waals surface area contributed by atoms with Crippen LogP contribution >= 0.6 is 0 Å². The number of rotatable bonds is 5. The van der Waals surface area contributed by atoms with Gasteiger partial charge in [0.2, 0.25) is 11.8 Å². The number of piperidine rings is 1. The number of hydrogen-bond donors (Lipinski definition) is 0. The van der Waals surface area contributed by atoms with E-state index in [4.69, 9.17) is 0 Å². The van der Waals surface area contributed by atoms with Gasteiger partial charge in [-0.1, -0.05) is 6.08 Å². The van der Waals surface area contributed by atoms with E-state index in [9.17, 15) is 9.59 Å². The van der Waals surface area contributed by atoms with Gasteiger partial charge < -0.3 is 9.80 Å². The number of nitrogens with zero attached hydrogens (tertiary/aromatic N) is 5. The lowest BCUT2D eigenvalue weighted by atomic mass is 9.74. The Bertz CT molecular complexity index is 688. The monoisotopic (exact) mass is 359 g/mol. The molecule has 0 bridgehead atoms. The van der Waals surface area contributed by atoms with E-state index in [1.165, 1.54) is 0 Å². The first kappa shape index (κ1) is 18.6. The van der Waals surface area contributed by atoms with Crippen LogP contribution < -0.4 is 0 Å². The predicted molar refractivity (Wildman–Crippen MR) is 99.6 cm³/mol. The molecule has 2 amide bonds. The molecule has 0 aliphatic carbocycles. The summed E-state index contributed by atoms with van der Waals surface area (Å²) in [4.78, 5) is 30.6. The molecule has 3 heterocycles. The van der Waals surface area contributed by atoms with Crippen LogP contribution in [0.3, 0.4) is 0 Å². The molecule has 1 spiro atoms. The molecule has 1 aromatic heterocycles. The van der Waals surface area contributed by atoms with E-state index in [1.54, 1.807) is 23.7 Å². The Morgan fingerprint density at radius 2 is 2.12 bits per heavy atom. The molecule has 26 heavy (non-hydrogen) atoms. The van der Waals surface area contributed by atoms with E-state index < -0.39 is 0 Å². The number of amides is 2. The lowest BCUT2D eigenvalue weighted by molar-refractivity contribution is -0.134. The third-order valence-electron chi connectivity index (χ3n) is 5.88. The number of likely N-dealkylation sites (N-methyl/N-ethyl adjacent to an activating group) is 1. The molecule has 142 valence electrons. The lowest BCUT2D eigenvalue weighted by Gasteiger charge is -2.47. The Hall–Kier alpha value is -2.15. The summed E-state index contributed by atoms with van der Waals surface area (Å²) >= 11 is 0. The van der Waals surface area contributed by atoms with Crippen molar-refractivity contribution < 1.29 is 9.59 Å². The lowest BCUT2D eigenvalue weighted by Crippen LogP contribution is -2.56. The van der Waals surface area contributed by atoms with E-state index in [2.05, 4.69) is 16.6 Å². The van der Waals surface area contributed by atoms with Crippen LogP contribution in [0.2, 0.25) is 0 Å². The number of carbonyl (C=O) groups is 2. The zero-order chi connectivity index (χ0) is 18.9. The van der Waals surface area contributed by atoms with Gasteiger partial charge in [0.15, 0.2) is 0 Å². The molecule has 0 aromatic carbocycles.